The van der Waals surface area contributed by atoms with E-state index in [0.717, 1.165) is 5.56 Å². The molecule has 1 amide bonds. The second-order valence-corrected chi connectivity index (χ2v) is 5.59. The van der Waals surface area contributed by atoms with Gasteiger partial charge in [-0.15, -0.1) is 0 Å². The van der Waals surface area contributed by atoms with Crippen LogP contribution in [0.25, 0.3) is 6.08 Å². The van der Waals surface area contributed by atoms with Crippen molar-refractivity contribution in [1.29, 1.82) is 0 Å². The van der Waals surface area contributed by atoms with E-state index in [1.807, 2.05) is 31.4 Å². The van der Waals surface area contributed by atoms with Crippen LogP contribution in [0.4, 0.5) is 0 Å². The van der Waals surface area contributed by atoms with Crippen LogP contribution < -0.4 is 5.32 Å². The lowest BCUT2D eigenvalue weighted by atomic mass is 10.2. The van der Waals surface area contributed by atoms with Gasteiger partial charge in [0.2, 0.25) is 5.91 Å². The summed E-state index contributed by atoms with van der Waals surface area (Å²) >= 11 is 7.52. The van der Waals surface area contributed by atoms with Crippen molar-refractivity contribution in [3.05, 3.63) is 40.9 Å². The van der Waals surface area contributed by atoms with Gasteiger partial charge in [0.25, 0.3) is 0 Å². The Kier molecular flexibility index (Phi) is 6.99. The standard InChI is InChI=1S/C14H18ClNO2S/c1-10(13(9-17)19-2)16-14(18)8-7-11-5-3-4-6-12(11)15/h3-8,10,13,17H,9H2,1-2H3,(H,16,18)/b8-7+. The quantitative estimate of drug-likeness (QED) is 0.794. The van der Waals surface area contributed by atoms with Crippen molar-refractivity contribution < 1.29 is 9.90 Å². The first-order chi connectivity index (χ1) is 9.08. The molecule has 0 spiro atoms. The Morgan fingerprint density at radius 1 is 1.53 bits per heavy atom. The zero-order valence-corrected chi connectivity index (χ0v) is 12.5. The van der Waals surface area contributed by atoms with E-state index >= 15 is 0 Å². The lowest BCUT2D eigenvalue weighted by molar-refractivity contribution is -0.117. The Morgan fingerprint density at radius 2 is 2.21 bits per heavy atom. The van der Waals surface area contributed by atoms with Gasteiger partial charge in [0.1, 0.15) is 0 Å². The van der Waals surface area contributed by atoms with Gasteiger partial charge in [0.15, 0.2) is 0 Å². The Bertz CT molecular complexity index is 447. The number of nitrogens with one attached hydrogen (secondary N) is 1. The summed E-state index contributed by atoms with van der Waals surface area (Å²) in [5.41, 5.74) is 0.801. The molecule has 0 saturated carbocycles. The second kappa shape index (κ2) is 8.25. The highest BCUT2D eigenvalue weighted by molar-refractivity contribution is 7.99. The number of benzene rings is 1. The fourth-order valence-corrected chi connectivity index (χ4v) is 2.40. The number of carbonyl (C=O) groups is 1. The molecule has 0 bridgehead atoms. The van der Waals surface area contributed by atoms with Gasteiger partial charge < -0.3 is 10.4 Å². The molecule has 0 aliphatic rings. The number of aliphatic hydroxyl groups excluding tert-OH is 1. The summed E-state index contributed by atoms with van der Waals surface area (Å²) in [4.78, 5) is 11.7. The smallest absolute Gasteiger partial charge is 0.244 e. The zero-order chi connectivity index (χ0) is 14.3. The van der Waals surface area contributed by atoms with Crippen LogP contribution in [0, 0.1) is 0 Å². The average Bonchev–Trinajstić information content (AvgIpc) is 2.39. The van der Waals surface area contributed by atoms with Crippen LogP contribution in [-0.2, 0) is 4.79 Å². The monoisotopic (exact) mass is 299 g/mol. The third-order valence-electron chi connectivity index (χ3n) is 2.73. The molecular formula is C14H18ClNO2S. The normalized spacial score (nSPS) is 14.3. The molecule has 0 aromatic heterocycles. The van der Waals surface area contributed by atoms with Crippen molar-refractivity contribution in [1.82, 2.24) is 5.32 Å². The SMILES string of the molecule is CSC(CO)C(C)NC(=O)/C=C/c1ccccc1Cl. The molecule has 1 rings (SSSR count). The fourth-order valence-electron chi connectivity index (χ4n) is 1.58. The number of aliphatic hydroxyl groups is 1. The molecule has 1 aromatic carbocycles. The minimum absolute atomic E-state index is 0.00216. The molecule has 0 fully saturated rings. The van der Waals surface area contributed by atoms with Crippen LogP contribution in [0.5, 0.6) is 0 Å². The molecule has 1 aromatic rings. The zero-order valence-electron chi connectivity index (χ0n) is 11.0. The van der Waals surface area contributed by atoms with Crippen molar-refractivity contribution in [2.45, 2.75) is 18.2 Å². The third kappa shape index (κ3) is 5.27. The molecule has 0 radical (unpaired) electrons. The summed E-state index contributed by atoms with van der Waals surface area (Å²) < 4.78 is 0. The van der Waals surface area contributed by atoms with Gasteiger partial charge >= 0.3 is 0 Å². The number of hydrogen-bond donors (Lipinski definition) is 2. The van der Waals surface area contributed by atoms with Gasteiger partial charge in [-0.05, 0) is 30.9 Å². The van der Waals surface area contributed by atoms with Crippen LogP contribution in [0.3, 0.4) is 0 Å². The molecule has 2 unspecified atom stereocenters. The minimum Gasteiger partial charge on any atom is -0.395 e. The molecule has 0 aliphatic carbocycles. The van der Waals surface area contributed by atoms with Gasteiger partial charge in [0.05, 0.1) is 6.61 Å². The van der Waals surface area contributed by atoms with E-state index in [1.54, 1.807) is 12.1 Å². The summed E-state index contributed by atoms with van der Waals surface area (Å²) in [5.74, 6) is -0.195. The number of amides is 1. The number of halogens is 1. The fraction of sp³-hybridized carbons (Fsp3) is 0.357. The van der Waals surface area contributed by atoms with Gasteiger partial charge in [-0.25, -0.2) is 0 Å². The van der Waals surface area contributed by atoms with Crippen molar-refractivity contribution in [2.75, 3.05) is 12.9 Å². The van der Waals surface area contributed by atoms with E-state index in [9.17, 15) is 4.79 Å². The third-order valence-corrected chi connectivity index (χ3v) is 4.24. The maximum absolute atomic E-state index is 11.7. The van der Waals surface area contributed by atoms with Crippen LogP contribution in [-0.4, -0.2) is 35.2 Å². The van der Waals surface area contributed by atoms with E-state index in [2.05, 4.69) is 5.32 Å². The molecule has 5 heteroatoms. The maximum Gasteiger partial charge on any atom is 0.244 e. The molecule has 104 valence electrons. The lowest BCUT2D eigenvalue weighted by Gasteiger charge is -2.20. The average molecular weight is 300 g/mol. The van der Waals surface area contributed by atoms with E-state index in [4.69, 9.17) is 16.7 Å². The molecule has 19 heavy (non-hydrogen) atoms. The number of rotatable bonds is 6. The van der Waals surface area contributed by atoms with Crippen LogP contribution in [0.1, 0.15) is 12.5 Å². The molecular weight excluding hydrogens is 282 g/mol. The topological polar surface area (TPSA) is 49.3 Å². The van der Waals surface area contributed by atoms with Crippen molar-refractivity contribution in [2.24, 2.45) is 0 Å². The van der Waals surface area contributed by atoms with E-state index in [0.29, 0.717) is 5.02 Å². The first kappa shape index (κ1) is 16.1. The number of thioether (sulfide) groups is 1. The summed E-state index contributed by atoms with van der Waals surface area (Å²) in [7, 11) is 0. The molecule has 2 N–H and O–H groups in total. The van der Waals surface area contributed by atoms with E-state index in [-0.39, 0.29) is 23.8 Å². The predicted molar refractivity (Wildman–Crippen MR) is 82.5 cm³/mol. The van der Waals surface area contributed by atoms with Crippen molar-refractivity contribution in [3.8, 4) is 0 Å². The number of carbonyl (C=O) groups excluding carboxylic acids is 1. The Balaban J connectivity index is 2.58. The maximum atomic E-state index is 11.7. The van der Waals surface area contributed by atoms with Crippen LogP contribution in [0.2, 0.25) is 5.02 Å². The van der Waals surface area contributed by atoms with E-state index < -0.39 is 0 Å². The highest BCUT2D eigenvalue weighted by atomic mass is 35.5. The summed E-state index contributed by atoms with van der Waals surface area (Å²) in [6.45, 7) is 1.91. The highest BCUT2D eigenvalue weighted by Crippen LogP contribution is 2.16. The van der Waals surface area contributed by atoms with Crippen molar-refractivity contribution in [3.63, 3.8) is 0 Å². The lowest BCUT2D eigenvalue weighted by Crippen LogP contribution is -2.40. The van der Waals surface area contributed by atoms with Gasteiger partial charge in [-0.2, -0.15) is 11.8 Å². The van der Waals surface area contributed by atoms with Crippen LogP contribution >= 0.6 is 23.4 Å². The minimum atomic E-state index is -0.195. The predicted octanol–water partition coefficient (Wildman–Crippen LogP) is 2.58. The van der Waals surface area contributed by atoms with Gasteiger partial charge in [-0.3, -0.25) is 4.79 Å². The largest absolute Gasteiger partial charge is 0.395 e. The molecule has 0 heterocycles. The Hall–Kier alpha value is -0.970. The summed E-state index contributed by atoms with van der Waals surface area (Å²) in [5, 5.41) is 12.6. The highest BCUT2D eigenvalue weighted by Gasteiger charge is 2.15. The summed E-state index contributed by atoms with van der Waals surface area (Å²) in [6.07, 6.45) is 5.03. The number of hydrogen-bond acceptors (Lipinski definition) is 3. The second-order valence-electron chi connectivity index (χ2n) is 4.11. The first-order valence-corrected chi connectivity index (χ1v) is 7.61. The molecule has 2 atom stereocenters. The molecule has 0 aliphatic heterocycles. The van der Waals surface area contributed by atoms with Gasteiger partial charge in [-0.1, -0.05) is 29.8 Å². The van der Waals surface area contributed by atoms with Crippen molar-refractivity contribution >= 4 is 35.3 Å². The van der Waals surface area contributed by atoms with Crippen LogP contribution in [0.15, 0.2) is 30.3 Å². The molecule has 3 nitrogen and oxygen atoms in total. The first-order valence-electron chi connectivity index (χ1n) is 5.95. The summed E-state index contributed by atoms with van der Waals surface area (Å²) in [6, 6.07) is 7.22. The molecule has 0 saturated heterocycles. The van der Waals surface area contributed by atoms with Gasteiger partial charge in [0, 0.05) is 22.4 Å². The Morgan fingerprint density at radius 3 is 2.79 bits per heavy atom. The Labute approximate surface area is 123 Å². The van der Waals surface area contributed by atoms with E-state index in [1.165, 1.54) is 17.8 Å².